The van der Waals surface area contributed by atoms with Crippen LogP contribution in [0.5, 0.6) is 0 Å². The standard InChI is InChI=1S/C8H9BrIN3O/c9-5-1-2-13(3-5)7-6(10)8(14)12-4-11-7/h4-5H,1-3H2,(H,11,12,14). The van der Waals surface area contributed by atoms with Gasteiger partial charge in [-0.2, -0.15) is 0 Å². The summed E-state index contributed by atoms with van der Waals surface area (Å²) in [5.74, 6) is 0.802. The van der Waals surface area contributed by atoms with Gasteiger partial charge in [-0.15, -0.1) is 0 Å². The van der Waals surface area contributed by atoms with E-state index in [9.17, 15) is 4.79 Å². The topological polar surface area (TPSA) is 49.0 Å². The number of hydrogen-bond donors (Lipinski definition) is 1. The summed E-state index contributed by atoms with van der Waals surface area (Å²) in [4.78, 5) is 20.7. The van der Waals surface area contributed by atoms with Gasteiger partial charge in [0.2, 0.25) is 0 Å². The molecule has 1 atom stereocenters. The lowest BCUT2D eigenvalue weighted by Gasteiger charge is -2.16. The first-order valence-electron chi connectivity index (χ1n) is 4.30. The molecule has 76 valence electrons. The van der Waals surface area contributed by atoms with E-state index in [-0.39, 0.29) is 5.56 Å². The Bertz CT molecular complexity index is 394. The van der Waals surface area contributed by atoms with Crippen LogP contribution in [0.2, 0.25) is 0 Å². The highest BCUT2D eigenvalue weighted by Gasteiger charge is 2.23. The lowest BCUT2D eigenvalue weighted by atomic mass is 10.4. The first-order chi connectivity index (χ1) is 6.68. The number of rotatable bonds is 1. The van der Waals surface area contributed by atoms with Gasteiger partial charge in [-0.05, 0) is 29.0 Å². The molecule has 14 heavy (non-hydrogen) atoms. The highest BCUT2D eigenvalue weighted by atomic mass is 127. The highest BCUT2D eigenvalue weighted by molar-refractivity contribution is 14.1. The zero-order valence-electron chi connectivity index (χ0n) is 7.33. The van der Waals surface area contributed by atoms with Gasteiger partial charge in [-0.3, -0.25) is 4.79 Å². The van der Waals surface area contributed by atoms with Gasteiger partial charge in [0.25, 0.3) is 5.56 Å². The fourth-order valence-electron chi connectivity index (χ4n) is 1.50. The predicted molar refractivity (Wildman–Crippen MR) is 67.1 cm³/mol. The van der Waals surface area contributed by atoms with Gasteiger partial charge >= 0.3 is 0 Å². The molecular weight excluding hydrogens is 361 g/mol. The van der Waals surface area contributed by atoms with E-state index < -0.39 is 0 Å². The van der Waals surface area contributed by atoms with Crippen molar-refractivity contribution in [1.29, 1.82) is 0 Å². The van der Waals surface area contributed by atoms with Crippen LogP contribution in [0.3, 0.4) is 0 Å². The summed E-state index contributed by atoms with van der Waals surface area (Å²) < 4.78 is 0.673. The van der Waals surface area contributed by atoms with Crippen molar-refractivity contribution in [1.82, 2.24) is 9.97 Å². The number of H-pyrrole nitrogens is 1. The summed E-state index contributed by atoms with van der Waals surface area (Å²) in [7, 11) is 0. The number of halogens is 2. The van der Waals surface area contributed by atoms with Crippen molar-refractivity contribution >= 4 is 44.3 Å². The van der Waals surface area contributed by atoms with E-state index in [1.807, 2.05) is 22.6 Å². The number of anilines is 1. The van der Waals surface area contributed by atoms with Crippen LogP contribution in [0.25, 0.3) is 0 Å². The summed E-state index contributed by atoms with van der Waals surface area (Å²) in [5, 5.41) is 0. The number of aromatic amines is 1. The summed E-state index contributed by atoms with van der Waals surface area (Å²) >= 11 is 5.60. The van der Waals surface area contributed by atoms with E-state index in [0.717, 1.165) is 25.3 Å². The minimum absolute atomic E-state index is 0.0615. The number of hydrogen-bond acceptors (Lipinski definition) is 3. The van der Waals surface area contributed by atoms with Crippen molar-refractivity contribution in [3.8, 4) is 0 Å². The maximum absolute atomic E-state index is 11.3. The van der Waals surface area contributed by atoms with E-state index >= 15 is 0 Å². The first kappa shape index (κ1) is 10.4. The monoisotopic (exact) mass is 369 g/mol. The fraction of sp³-hybridized carbons (Fsp3) is 0.500. The molecule has 0 bridgehead atoms. The van der Waals surface area contributed by atoms with Crippen LogP contribution in [-0.4, -0.2) is 27.9 Å². The Morgan fingerprint density at radius 2 is 2.50 bits per heavy atom. The summed E-state index contributed by atoms with van der Waals surface area (Å²) in [6, 6.07) is 0. The second-order valence-electron chi connectivity index (χ2n) is 3.20. The molecule has 2 rings (SSSR count). The zero-order chi connectivity index (χ0) is 10.1. The molecule has 0 aromatic carbocycles. The molecule has 1 N–H and O–H groups in total. The Morgan fingerprint density at radius 3 is 3.14 bits per heavy atom. The van der Waals surface area contributed by atoms with E-state index in [2.05, 4.69) is 30.8 Å². The normalized spacial score (nSPS) is 21.6. The smallest absolute Gasteiger partial charge is 0.266 e. The Hall–Kier alpha value is -0.110. The SMILES string of the molecule is O=c1[nH]cnc(N2CCC(Br)C2)c1I. The van der Waals surface area contributed by atoms with Crippen molar-refractivity contribution in [3.63, 3.8) is 0 Å². The molecule has 0 amide bonds. The molecular formula is C8H9BrIN3O. The molecule has 1 aromatic heterocycles. The van der Waals surface area contributed by atoms with Gasteiger partial charge < -0.3 is 9.88 Å². The lowest BCUT2D eigenvalue weighted by molar-refractivity contribution is 0.914. The number of nitrogens with zero attached hydrogens (tertiary/aromatic N) is 2. The molecule has 6 heteroatoms. The van der Waals surface area contributed by atoms with Crippen LogP contribution in [0.4, 0.5) is 5.82 Å². The summed E-state index contributed by atoms with van der Waals surface area (Å²) in [6.45, 7) is 1.88. The largest absolute Gasteiger partial charge is 0.354 e. The van der Waals surface area contributed by atoms with Gasteiger partial charge in [0, 0.05) is 17.9 Å². The fourth-order valence-corrected chi connectivity index (χ4v) is 2.69. The molecule has 1 unspecified atom stereocenters. The van der Waals surface area contributed by atoms with Crippen molar-refractivity contribution in [2.24, 2.45) is 0 Å². The Balaban J connectivity index is 2.33. The van der Waals surface area contributed by atoms with E-state index in [1.54, 1.807) is 0 Å². The van der Waals surface area contributed by atoms with Crippen LogP contribution in [0.1, 0.15) is 6.42 Å². The van der Waals surface area contributed by atoms with E-state index in [1.165, 1.54) is 6.33 Å². The Labute approximate surface area is 103 Å². The Kier molecular flexibility index (Phi) is 3.10. The first-order valence-corrected chi connectivity index (χ1v) is 6.30. The molecule has 0 aliphatic carbocycles. The van der Waals surface area contributed by atoms with Crippen molar-refractivity contribution in [2.75, 3.05) is 18.0 Å². The third-order valence-corrected chi connectivity index (χ3v) is 3.93. The van der Waals surface area contributed by atoms with Crippen LogP contribution in [0, 0.1) is 3.57 Å². The number of aromatic nitrogens is 2. The average Bonchev–Trinajstić information content (AvgIpc) is 2.57. The van der Waals surface area contributed by atoms with Crippen molar-refractivity contribution in [3.05, 3.63) is 20.3 Å². The maximum atomic E-state index is 11.3. The molecule has 4 nitrogen and oxygen atoms in total. The minimum Gasteiger partial charge on any atom is -0.354 e. The molecule has 1 aliphatic heterocycles. The van der Waals surface area contributed by atoms with Crippen LogP contribution in [-0.2, 0) is 0 Å². The molecule has 2 heterocycles. The zero-order valence-corrected chi connectivity index (χ0v) is 11.1. The molecule has 1 aromatic rings. The maximum Gasteiger partial charge on any atom is 0.266 e. The molecule has 0 saturated carbocycles. The number of alkyl halides is 1. The molecule has 1 fully saturated rings. The molecule has 0 spiro atoms. The van der Waals surface area contributed by atoms with E-state index in [0.29, 0.717) is 8.40 Å². The van der Waals surface area contributed by atoms with E-state index in [4.69, 9.17) is 0 Å². The van der Waals surface area contributed by atoms with Gasteiger partial charge in [0.1, 0.15) is 9.39 Å². The average molecular weight is 370 g/mol. The molecule has 1 aliphatic rings. The van der Waals surface area contributed by atoms with Crippen molar-refractivity contribution in [2.45, 2.75) is 11.2 Å². The molecule has 1 saturated heterocycles. The third-order valence-electron chi connectivity index (χ3n) is 2.21. The van der Waals surface area contributed by atoms with Crippen LogP contribution < -0.4 is 10.5 Å². The summed E-state index contributed by atoms with van der Waals surface area (Å²) in [5.41, 5.74) is -0.0615. The van der Waals surface area contributed by atoms with Gasteiger partial charge in [0.15, 0.2) is 0 Å². The highest BCUT2D eigenvalue weighted by Crippen LogP contribution is 2.23. The second-order valence-corrected chi connectivity index (χ2v) is 5.57. The number of nitrogens with one attached hydrogen (secondary N) is 1. The van der Waals surface area contributed by atoms with Gasteiger partial charge in [-0.1, -0.05) is 15.9 Å². The van der Waals surface area contributed by atoms with Crippen LogP contribution in [0.15, 0.2) is 11.1 Å². The second kappa shape index (κ2) is 4.18. The van der Waals surface area contributed by atoms with Crippen molar-refractivity contribution < 1.29 is 0 Å². The van der Waals surface area contributed by atoms with Gasteiger partial charge in [-0.25, -0.2) is 4.98 Å². The van der Waals surface area contributed by atoms with Gasteiger partial charge in [0.05, 0.1) is 6.33 Å². The van der Waals surface area contributed by atoms with Crippen LogP contribution >= 0.6 is 38.5 Å². The quantitative estimate of drug-likeness (QED) is 0.600. The lowest BCUT2D eigenvalue weighted by Crippen LogP contribution is -2.25. The third kappa shape index (κ3) is 1.95. The Morgan fingerprint density at radius 1 is 1.71 bits per heavy atom. The minimum atomic E-state index is -0.0615. The summed E-state index contributed by atoms with van der Waals surface area (Å²) in [6.07, 6.45) is 2.56. The molecule has 0 radical (unpaired) electrons. The predicted octanol–water partition coefficient (Wildman–Crippen LogP) is 1.35.